The van der Waals surface area contributed by atoms with Gasteiger partial charge in [-0.3, -0.25) is 0 Å². The normalized spacial score (nSPS) is 23.2. The maximum atomic E-state index is 13.2. The average molecular weight is 385 g/mol. The van der Waals surface area contributed by atoms with Crippen molar-refractivity contribution in [1.29, 1.82) is 0 Å². The van der Waals surface area contributed by atoms with Gasteiger partial charge in [0.2, 0.25) is 0 Å². The van der Waals surface area contributed by atoms with E-state index in [1.165, 1.54) is 4.90 Å². The topological polar surface area (TPSA) is 44.8 Å². The summed E-state index contributed by atoms with van der Waals surface area (Å²) >= 11 is 0. The van der Waals surface area contributed by atoms with Gasteiger partial charge in [-0.25, -0.2) is 4.79 Å². The third-order valence-corrected chi connectivity index (χ3v) is 5.39. The van der Waals surface area contributed by atoms with Crippen LogP contribution in [0.2, 0.25) is 0 Å². The number of hydrogen-bond donors (Lipinski definition) is 1. The Balaban J connectivity index is 1.64. The molecule has 3 rings (SSSR count). The minimum atomic E-state index is -4.24. The van der Waals surface area contributed by atoms with Gasteiger partial charge in [-0.1, -0.05) is 19.9 Å². The quantitative estimate of drug-likeness (QED) is 0.838. The average Bonchev–Trinajstić information content (AvgIpc) is 2.60. The van der Waals surface area contributed by atoms with Crippen molar-refractivity contribution >= 4 is 17.4 Å². The lowest BCUT2D eigenvalue weighted by Crippen LogP contribution is -2.53. The SMILES string of the molecule is CC1(C)CN(C(=O)Nc2cccc(N3CCOCC3)c2)CCC1C(F)(F)F. The number of alkyl halides is 3. The number of nitrogens with zero attached hydrogens (tertiary/aromatic N) is 2. The molecule has 150 valence electrons. The van der Waals surface area contributed by atoms with Crippen molar-refractivity contribution < 1.29 is 22.7 Å². The third-order valence-electron chi connectivity index (χ3n) is 5.39. The molecule has 0 spiro atoms. The molecule has 5 nitrogen and oxygen atoms in total. The van der Waals surface area contributed by atoms with Crippen LogP contribution >= 0.6 is 0 Å². The van der Waals surface area contributed by atoms with E-state index in [2.05, 4.69) is 10.2 Å². The maximum Gasteiger partial charge on any atom is 0.392 e. The fourth-order valence-electron chi connectivity index (χ4n) is 3.94. The Morgan fingerprint density at radius 2 is 1.93 bits per heavy atom. The zero-order valence-corrected chi connectivity index (χ0v) is 15.7. The van der Waals surface area contributed by atoms with E-state index in [1.54, 1.807) is 19.9 Å². The molecule has 8 heteroatoms. The van der Waals surface area contributed by atoms with Crippen LogP contribution in [0.3, 0.4) is 0 Å². The number of nitrogens with one attached hydrogen (secondary N) is 1. The number of urea groups is 1. The molecule has 2 amide bonds. The molecule has 2 saturated heterocycles. The molecule has 2 heterocycles. The number of ether oxygens (including phenoxy) is 1. The van der Waals surface area contributed by atoms with Gasteiger partial charge in [0, 0.05) is 37.6 Å². The summed E-state index contributed by atoms with van der Waals surface area (Å²) in [5.74, 6) is -1.39. The minimum absolute atomic E-state index is 0.0717. The number of hydrogen-bond acceptors (Lipinski definition) is 3. The molecule has 27 heavy (non-hydrogen) atoms. The van der Waals surface area contributed by atoms with Gasteiger partial charge in [0.05, 0.1) is 19.1 Å². The van der Waals surface area contributed by atoms with E-state index in [0.29, 0.717) is 18.9 Å². The number of anilines is 2. The molecule has 0 aromatic heterocycles. The van der Waals surface area contributed by atoms with Crippen LogP contribution in [0.25, 0.3) is 0 Å². The number of carbonyl (C=O) groups excluding carboxylic acids is 1. The number of amides is 2. The fraction of sp³-hybridized carbons (Fsp3) is 0.632. The molecule has 0 radical (unpaired) electrons. The largest absolute Gasteiger partial charge is 0.392 e. The van der Waals surface area contributed by atoms with E-state index >= 15 is 0 Å². The van der Waals surface area contributed by atoms with Crippen LogP contribution in [0.4, 0.5) is 29.3 Å². The number of benzene rings is 1. The van der Waals surface area contributed by atoms with Crippen LogP contribution in [0, 0.1) is 11.3 Å². The molecular formula is C19H26F3N3O2. The monoisotopic (exact) mass is 385 g/mol. The summed E-state index contributed by atoms with van der Waals surface area (Å²) in [6, 6.07) is 7.15. The highest BCUT2D eigenvalue weighted by molar-refractivity contribution is 5.90. The van der Waals surface area contributed by atoms with Crippen molar-refractivity contribution in [1.82, 2.24) is 4.90 Å². The lowest BCUT2D eigenvalue weighted by atomic mass is 9.73. The molecule has 1 N–H and O–H groups in total. The van der Waals surface area contributed by atoms with Crippen molar-refractivity contribution in [2.24, 2.45) is 11.3 Å². The molecule has 0 aliphatic carbocycles. The second kappa shape index (κ2) is 7.58. The van der Waals surface area contributed by atoms with Crippen LogP contribution in [0.5, 0.6) is 0 Å². The van der Waals surface area contributed by atoms with Crippen molar-refractivity contribution in [3.8, 4) is 0 Å². The molecule has 0 saturated carbocycles. The van der Waals surface area contributed by atoms with E-state index in [0.717, 1.165) is 18.8 Å². The Labute approximate surface area is 157 Å². The lowest BCUT2D eigenvalue weighted by Gasteiger charge is -2.44. The molecule has 2 aliphatic heterocycles. The number of halogens is 3. The van der Waals surface area contributed by atoms with Gasteiger partial charge in [-0.2, -0.15) is 13.2 Å². The first-order valence-electron chi connectivity index (χ1n) is 9.22. The molecule has 1 atom stereocenters. The highest BCUT2D eigenvalue weighted by Gasteiger charge is 2.51. The molecule has 0 bridgehead atoms. The smallest absolute Gasteiger partial charge is 0.378 e. The molecular weight excluding hydrogens is 359 g/mol. The standard InChI is InChI=1S/C19H26F3N3O2/c1-18(2)13-25(7-6-16(18)19(20,21)22)17(26)23-14-4-3-5-15(12-14)24-8-10-27-11-9-24/h3-5,12,16H,6-11,13H2,1-2H3,(H,23,26). The first kappa shape index (κ1) is 19.8. The van der Waals surface area contributed by atoms with Crippen LogP contribution < -0.4 is 10.2 Å². The second-order valence-corrected chi connectivity index (χ2v) is 7.87. The summed E-state index contributed by atoms with van der Waals surface area (Å²) in [7, 11) is 0. The van der Waals surface area contributed by atoms with Gasteiger partial charge in [0.1, 0.15) is 0 Å². The summed E-state index contributed by atoms with van der Waals surface area (Å²) in [5, 5.41) is 2.83. The van der Waals surface area contributed by atoms with E-state index in [9.17, 15) is 18.0 Å². The molecule has 1 aromatic carbocycles. The highest BCUT2D eigenvalue weighted by atomic mass is 19.4. The first-order chi connectivity index (χ1) is 12.7. The first-order valence-corrected chi connectivity index (χ1v) is 9.22. The van der Waals surface area contributed by atoms with Gasteiger partial charge in [-0.15, -0.1) is 0 Å². The van der Waals surface area contributed by atoms with Crippen LogP contribution in [-0.4, -0.2) is 56.5 Å². The Morgan fingerprint density at radius 3 is 2.56 bits per heavy atom. The van der Waals surface area contributed by atoms with Gasteiger partial charge in [-0.05, 0) is 30.0 Å². The van der Waals surface area contributed by atoms with Crippen molar-refractivity contribution in [2.45, 2.75) is 26.4 Å². The molecule has 2 aliphatic rings. The number of morpholine rings is 1. The summed E-state index contributed by atoms with van der Waals surface area (Å²) in [6.45, 7) is 6.23. The van der Waals surface area contributed by atoms with Crippen molar-refractivity contribution in [2.75, 3.05) is 49.6 Å². The zero-order chi connectivity index (χ0) is 19.7. The summed E-state index contributed by atoms with van der Waals surface area (Å²) in [6.07, 6.45) is -4.31. The van der Waals surface area contributed by atoms with E-state index in [4.69, 9.17) is 4.74 Å². The fourth-order valence-corrected chi connectivity index (χ4v) is 3.94. The second-order valence-electron chi connectivity index (χ2n) is 7.87. The minimum Gasteiger partial charge on any atom is -0.378 e. The van der Waals surface area contributed by atoms with Gasteiger partial charge in [0.25, 0.3) is 0 Å². The lowest BCUT2D eigenvalue weighted by molar-refractivity contribution is -0.214. The van der Waals surface area contributed by atoms with Gasteiger partial charge < -0.3 is 19.9 Å². The van der Waals surface area contributed by atoms with Gasteiger partial charge in [0.15, 0.2) is 0 Å². The Morgan fingerprint density at radius 1 is 1.22 bits per heavy atom. The van der Waals surface area contributed by atoms with Crippen LogP contribution in [-0.2, 0) is 4.74 Å². The zero-order valence-electron chi connectivity index (χ0n) is 15.7. The Kier molecular flexibility index (Phi) is 5.55. The van der Waals surface area contributed by atoms with E-state index < -0.39 is 17.5 Å². The molecule has 1 aromatic rings. The van der Waals surface area contributed by atoms with Crippen molar-refractivity contribution in [3.05, 3.63) is 24.3 Å². The predicted octanol–water partition coefficient (Wildman–Crippen LogP) is 3.97. The van der Waals surface area contributed by atoms with Crippen LogP contribution in [0.15, 0.2) is 24.3 Å². The third kappa shape index (κ3) is 4.66. The summed E-state index contributed by atoms with van der Waals surface area (Å²) in [5.41, 5.74) is 0.621. The van der Waals surface area contributed by atoms with E-state index in [-0.39, 0.29) is 25.5 Å². The van der Waals surface area contributed by atoms with Crippen molar-refractivity contribution in [3.63, 3.8) is 0 Å². The van der Waals surface area contributed by atoms with Crippen LogP contribution in [0.1, 0.15) is 20.3 Å². The predicted molar refractivity (Wildman–Crippen MR) is 98.0 cm³/mol. The number of carbonyl (C=O) groups is 1. The summed E-state index contributed by atoms with van der Waals surface area (Å²) in [4.78, 5) is 16.3. The van der Waals surface area contributed by atoms with E-state index in [1.807, 2.05) is 18.2 Å². The molecule has 2 fully saturated rings. The molecule has 1 unspecified atom stereocenters. The number of piperidine rings is 1. The maximum absolute atomic E-state index is 13.2. The Hall–Kier alpha value is -1.96. The highest BCUT2D eigenvalue weighted by Crippen LogP contribution is 2.45. The Bertz CT molecular complexity index is 672. The summed E-state index contributed by atoms with van der Waals surface area (Å²) < 4.78 is 45.0. The number of likely N-dealkylation sites (tertiary alicyclic amines) is 1. The number of rotatable bonds is 2. The van der Waals surface area contributed by atoms with Gasteiger partial charge >= 0.3 is 12.2 Å².